The van der Waals surface area contributed by atoms with E-state index < -0.39 is 17.8 Å². The van der Waals surface area contributed by atoms with E-state index in [0.717, 1.165) is 22.3 Å². The molecule has 1 atom stereocenters. The van der Waals surface area contributed by atoms with Crippen LogP contribution in [-0.4, -0.2) is 24.0 Å². The number of hydrogen-bond acceptors (Lipinski definition) is 4. The second-order valence-corrected chi connectivity index (χ2v) is 7.36. The number of benzene rings is 2. The maximum absolute atomic E-state index is 13.0. The molecular formula is C21H19ClN2O3S. The third-order valence-electron chi connectivity index (χ3n) is 4.54. The first-order valence-electron chi connectivity index (χ1n) is 8.59. The lowest BCUT2D eigenvalue weighted by Gasteiger charge is -2.31. The van der Waals surface area contributed by atoms with Crippen molar-refractivity contribution < 1.29 is 14.3 Å². The van der Waals surface area contributed by atoms with Crippen LogP contribution >= 0.6 is 23.8 Å². The number of ketones is 1. The van der Waals surface area contributed by atoms with Crippen molar-refractivity contribution in [3.63, 3.8) is 0 Å². The smallest absolute Gasteiger partial charge is 0.379 e. The van der Waals surface area contributed by atoms with Crippen LogP contribution in [0.5, 0.6) is 0 Å². The first-order chi connectivity index (χ1) is 13.3. The third-order valence-corrected chi connectivity index (χ3v) is 5.01. The zero-order valence-electron chi connectivity index (χ0n) is 15.6. The van der Waals surface area contributed by atoms with Crippen molar-refractivity contribution in [2.24, 2.45) is 0 Å². The van der Waals surface area contributed by atoms with Crippen molar-refractivity contribution in [3.05, 3.63) is 75.3 Å². The van der Waals surface area contributed by atoms with Crippen LogP contribution in [0.25, 0.3) is 5.70 Å². The largest absolute Gasteiger partial charge is 0.463 e. The molecule has 144 valence electrons. The first-order valence-corrected chi connectivity index (χ1v) is 9.38. The number of nitrogens with one attached hydrogen (secondary N) is 2. The molecule has 7 heteroatoms. The molecule has 1 aliphatic rings. The Bertz CT molecular complexity index is 999. The molecule has 3 rings (SSSR count). The van der Waals surface area contributed by atoms with Crippen molar-refractivity contribution in [1.82, 2.24) is 10.6 Å². The summed E-state index contributed by atoms with van der Waals surface area (Å²) in [5, 5.41) is 7.07. The Kier molecular flexibility index (Phi) is 5.82. The summed E-state index contributed by atoms with van der Waals surface area (Å²) in [6.45, 7) is 3.93. The summed E-state index contributed by atoms with van der Waals surface area (Å²) in [5.41, 5.74) is 4.33. The molecular weight excluding hydrogens is 396 g/mol. The predicted molar refractivity (Wildman–Crippen MR) is 113 cm³/mol. The molecule has 0 unspecified atom stereocenters. The van der Waals surface area contributed by atoms with E-state index in [9.17, 15) is 9.59 Å². The number of Topliss-reactive ketones (excluding diaryl/α,β-unsaturated/α-hetero) is 1. The summed E-state index contributed by atoms with van der Waals surface area (Å²) in [6.07, 6.45) is 0. The summed E-state index contributed by atoms with van der Waals surface area (Å²) in [5.74, 6) is -1.67. The molecule has 0 saturated carbocycles. The van der Waals surface area contributed by atoms with Crippen LogP contribution in [0.15, 0.2) is 48.0 Å². The molecule has 5 nitrogen and oxygen atoms in total. The number of aryl methyl sites for hydroxylation is 2. The molecule has 0 aromatic heterocycles. The summed E-state index contributed by atoms with van der Waals surface area (Å²) in [4.78, 5) is 25.1. The summed E-state index contributed by atoms with van der Waals surface area (Å²) >= 11 is 11.4. The maximum atomic E-state index is 13.0. The quantitative estimate of drug-likeness (QED) is 0.452. The minimum absolute atomic E-state index is 0.245. The van der Waals surface area contributed by atoms with Gasteiger partial charge in [-0.15, -0.1) is 0 Å². The lowest BCUT2D eigenvalue weighted by Crippen LogP contribution is -2.46. The van der Waals surface area contributed by atoms with Crippen LogP contribution in [-0.2, 0) is 14.3 Å². The topological polar surface area (TPSA) is 67.4 Å². The molecule has 0 aliphatic carbocycles. The summed E-state index contributed by atoms with van der Waals surface area (Å²) in [6, 6.07) is 12.3. The van der Waals surface area contributed by atoms with Crippen molar-refractivity contribution in [3.8, 4) is 0 Å². The zero-order chi connectivity index (χ0) is 20.4. The Labute approximate surface area is 173 Å². The number of carbonyl (C=O) groups excluding carboxylic acids is 2. The van der Waals surface area contributed by atoms with E-state index in [2.05, 4.69) is 10.6 Å². The van der Waals surface area contributed by atoms with Crippen LogP contribution < -0.4 is 10.6 Å². The van der Waals surface area contributed by atoms with E-state index in [1.165, 1.54) is 7.11 Å². The van der Waals surface area contributed by atoms with Gasteiger partial charge in [0.05, 0.1) is 24.4 Å². The fraction of sp³-hybridized carbons (Fsp3) is 0.190. The maximum Gasteiger partial charge on any atom is 0.379 e. The highest BCUT2D eigenvalue weighted by molar-refractivity contribution is 7.80. The number of carbonyl (C=O) groups is 2. The van der Waals surface area contributed by atoms with Crippen molar-refractivity contribution in [1.29, 1.82) is 0 Å². The predicted octanol–water partition coefficient (Wildman–Crippen LogP) is 3.63. The Morgan fingerprint density at radius 3 is 2.39 bits per heavy atom. The van der Waals surface area contributed by atoms with Gasteiger partial charge in [0.15, 0.2) is 5.11 Å². The fourth-order valence-corrected chi connectivity index (χ4v) is 3.57. The second-order valence-electron chi connectivity index (χ2n) is 6.51. The Morgan fingerprint density at radius 2 is 1.79 bits per heavy atom. The molecule has 0 bridgehead atoms. The van der Waals surface area contributed by atoms with Gasteiger partial charge in [0.1, 0.15) is 0 Å². The third kappa shape index (κ3) is 3.93. The zero-order valence-corrected chi connectivity index (χ0v) is 17.2. The van der Waals surface area contributed by atoms with Gasteiger partial charge in [0, 0.05) is 10.6 Å². The molecule has 1 heterocycles. The molecule has 0 spiro atoms. The number of hydrogen-bond donors (Lipinski definition) is 2. The van der Waals surface area contributed by atoms with Gasteiger partial charge in [0.25, 0.3) is 5.78 Å². The molecule has 28 heavy (non-hydrogen) atoms. The van der Waals surface area contributed by atoms with Crippen LogP contribution in [0.1, 0.15) is 28.3 Å². The highest BCUT2D eigenvalue weighted by atomic mass is 35.5. The lowest BCUT2D eigenvalue weighted by molar-refractivity contribution is -0.150. The van der Waals surface area contributed by atoms with Crippen molar-refractivity contribution in [2.75, 3.05) is 7.11 Å². The fourth-order valence-electron chi connectivity index (χ4n) is 3.22. The van der Waals surface area contributed by atoms with Gasteiger partial charge in [-0.05, 0) is 49.3 Å². The van der Waals surface area contributed by atoms with Crippen LogP contribution in [0.3, 0.4) is 0 Å². The highest BCUT2D eigenvalue weighted by Crippen LogP contribution is 2.33. The van der Waals surface area contributed by atoms with E-state index in [-0.39, 0.29) is 5.57 Å². The van der Waals surface area contributed by atoms with Crippen LogP contribution in [0.2, 0.25) is 5.02 Å². The molecule has 0 radical (unpaired) electrons. The van der Waals surface area contributed by atoms with Gasteiger partial charge in [0.2, 0.25) is 0 Å². The number of methoxy groups -OCH3 is 1. The Hall–Kier alpha value is -2.70. The van der Waals surface area contributed by atoms with Gasteiger partial charge >= 0.3 is 5.97 Å². The van der Waals surface area contributed by atoms with E-state index in [4.69, 9.17) is 28.6 Å². The molecule has 2 N–H and O–H groups in total. The molecule has 0 amide bonds. The Morgan fingerprint density at radius 1 is 1.11 bits per heavy atom. The first kappa shape index (κ1) is 20.0. The molecule has 2 aromatic rings. The minimum Gasteiger partial charge on any atom is -0.463 e. The van der Waals surface area contributed by atoms with Crippen molar-refractivity contribution >= 4 is 46.4 Å². The number of esters is 1. The standard InChI is InChI=1S/C21H19ClN2O3S/c1-11-4-9-15(12(2)10-11)18-16(19(25)20(26)27-3)17(23-21(28)24-18)13-5-7-14(22)8-6-13/h4-10,17H,1-3H3,(H2,23,24,28)/t17-/m1/s1. The average Bonchev–Trinajstić information content (AvgIpc) is 2.66. The minimum atomic E-state index is -0.937. The summed E-state index contributed by atoms with van der Waals surface area (Å²) in [7, 11) is 1.18. The monoisotopic (exact) mass is 414 g/mol. The van der Waals surface area contributed by atoms with E-state index in [0.29, 0.717) is 15.8 Å². The SMILES string of the molecule is COC(=O)C(=O)C1=C(c2ccc(C)cc2C)NC(=S)N[C@@H]1c1ccc(Cl)cc1. The van der Waals surface area contributed by atoms with Gasteiger partial charge in [-0.3, -0.25) is 4.79 Å². The molecule has 2 aromatic carbocycles. The van der Waals surface area contributed by atoms with E-state index in [1.807, 2.05) is 32.0 Å². The number of ether oxygens (including phenoxy) is 1. The molecule has 0 fully saturated rings. The lowest BCUT2D eigenvalue weighted by atomic mass is 9.88. The average molecular weight is 415 g/mol. The van der Waals surface area contributed by atoms with Crippen LogP contribution in [0, 0.1) is 13.8 Å². The van der Waals surface area contributed by atoms with Gasteiger partial charge in [-0.2, -0.15) is 0 Å². The highest BCUT2D eigenvalue weighted by Gasteiger charge is 2.35. The second kappa shape index (κ2) is 8.12. The van der Waals surface area contributed by atoms with Gasteiger partial charge in [-0.1, -0.05) is 47.5 Å². The van der Waals surface area contributed by atoms with Crippen LogP contribution in [0.4, 0.5) is 0 Å². The van der Waals surface area contributed by atoms with E-state index in [1.54, 1.807) is 24.3 Å². The number of rotatable bonds is 4. The number of halogens is 1. The summed E-state index contributed by atoms with van der Waals surface area (Å²) < 4.78 is 4.70. The Balaban J connectivity index is 2.26. The number of thiocarbonyl (C=S) groups is 1. The molecule has 0 saturated heterocycles. The van der Waals surface area contributed by atoms with E-state index >= 15 is 0 Å². The van der Waals surface area contributed by atoms with Crippen molar-refractivity contribution in [2.45, 2.75) is 19.9 Å². The van der Waals surface area contributed by atoms with Gasteiger partial charge in [-0.25, -0.2) is 4.79 Å². The molecule has 1 aliphatic heterocycles. The van der Waals surface area contributed by atoms with Gasteiger partial charge < -0.3 is 15.4 Å². The normalized spacial score (nSPS) is 16.3.